The van der Waals surface area contributed by atoms with E-state index in [1.165, 1.54) is 31.5 Å². The Balaban J connectivity index is 1.95. The maximum Gasteiger partial charge on any atom is 0.111 e. The number of nitrogens with one attached hydrogen (secondary N) is 1. The molecule has 2 rings (SSSR count). The average molecular weight is 221 g/mol. The topological polar surface area (TPSA) is 29.9 Å². The highest BCUT2D eigenvalue weighted by Crippen LogP contribution is 2.38. The lowest BCUT2D eigenvalue weighted by Crippen LogP contribution is -2.26. The van der Waals surface area contributed by atoms with E-state index in [4.69, 9.17) is 0 Å². The van der Waals surface area contributed by atoms with Crippen LogP contribution in [0.4, 0.5) is 0 Å². The molecule has 0 amide bonds. The van der Waals surface area contributed by atoms with Crippen molar-refractivity contribution in [2.24, 2.45) is 13.0 Å². The van der Waals surface area contributed by atoms with E-state index < -0.39 is 0 Å². The van der Waals surface area contributed by atoms with Gasteiger partial charge >= 0.3 is 0 Å². The molecule has 1 aromatic rings. The Morgan fingerprint density at radius 2 is 2.38 bits per heavy atom. The molecule has 3 heteroatoms. The highest BCUT2D eigenvalue weighted by Gasteiger charge is 2.30. The van der Waals surface area contributed by atoms with Gasteiger partial charge in [-0.05, 0) is 38.3 Å². The molecule has 90 valence electrons. The minimum absolute atomic E-state index is 0.671. The van der Waals surface area contributed by atoms with E-state index in [0.717, 1.165) is 19.0 Å². The summed E-state index contributed by atoms with van der Waals surface area (Å²) in [7, 11) is 2.11. The maximum atomic E-state index is 4.51. The van der Waals surface area contributed by atoms with E-state index in [1.54, 1.807) is 0 Å². The molecule has 1 aromatic heterocycles. The standard InChI is InChI=1S/C13H23N3/c1-3-7-14-10-11-5-4-6-12(11)13-15-8-9-16(13)2/h8-9,11-12,14H,3-7,10H2,1-2H3. The van der Waals surface area contributed by atoms with Crippen molar-refractivity contribution in [1.29, 1.82) is 0 Å². The zero-order valence-corrected chi connectivity index (χ0v) is 10.4. The predicted molar refractivity (Wildman–Crippen MR) is 66.5 cm³/mol. The molecule has 2 atom stereocenters. The minimum atomic E-state index is 0.671. The highest BCUT2D eigenvalue weighted by atomic mass is 15.0. The van der Waals surface area contributed by atoms with Gasteiger partial charge in [0.15, 0.2) is 0 Å². The van der Waals surface area contributed by atoms with Gasteiger partial charge in [0.05, 0.1) is 0 Å². The van der Waals surface area contributed by atoms with Gasteiger partial charge in [0.1, 0.15) is 5.82 Å². The van der Waals surface area contributed by atoms with Crippen LogP contribution in [-0.4, -0.2) is 22.6 Å². The SMILES string of the molecule is CCCNCC1CCCC1c1nccn1C. The molecule has 0 spiro atoms. The number of rotatable bonds is 5. The summed E-state index contributed by atoms with van der Waals surface area (Å²) in [5.74, 6) is 2.73. The van der Waals surface area contributed by atoms with E-state index in [-0.39, 0.29) is 0 Å². The number of imidazole rings is 1. The largest absolute Gasteiger partial charge is 0.338 e. The molecule has 0 aromatic carbocycles. The number of nitrogens with zero attached hydrogens (tertiary/aromatic N) is 2. The quantitative estimate of drug-likeness (QED) is 0.773. The Bertz CT molecular complexity index is 319. The molecule has 1 aliphatic carbocycles. The van der Waals surface area contributed by atoms with Gasteiger partial charge in [-0.25, -0.2) is 4.98 Å². The zero-order chi connectivity index (χ0) is 11.4. The molecule has 0 radical (unpaired) electrons. The van der Waals surface area contributed by atoms with Crippen LogP contribution >= 0.6 is 0 Å². The van der Waals surface area contributed by atoms with Crippen molar-refractivity contribution in [2.75, 3.05) is 13.1 Å². The van der Waals surface area contributed by atoms with Gasteiger partial charge in [0, 0.05) is 25.4 Å². The third-order valence-electron chi connectivity index (χ3n) is 3.68. The zero-order valence-electron chi connectivity index (χ0n) is 10.4. The first-order valence-electron chi connectivity index (χ1n) is 6.51. The second-order valence-electron chi connectivity index (χ2n) is 4.90. The van der Waals surface area contributed by atoms with Gasteiger partial charge in [0.2, 0.25) is 0 Å². The van der Waals surface area contributed by atoms with E-state index in [0.29, 0.717) is 5.92 Å². The average Bonchev–Trinajstić information content (AvgIpc) is 2.87. The fourth-order valence-electron chi connectivity index (χ4n) is 2.82. The van der Waals surface area contributed by atoms with E-state index in [1.807, 2.05) is 6.20 Å². The number of aromatic nitrogens is 2. The number of hydrogen-bond acceptors (Lipinski definition) is 2. The highest BCUT2D eigenvalue weighted by molar-refractivity contribution is 5.05. The van der Waals surface area contributed by atoms with Gasteiger partial charge < -0.3 is 9.88 Å². The molecule has 3 nitrogen and oxygen atoms in total. The van der Waals surface area contributed by atoms with Gasteiger partial charge in [-0.1, -0.05) is 13.3 Å². The van der Waals surface area contributed by atoms with Crippen LogP contribution in [0.15, 0.2) is 12.4 Å². The fraction of sp³-hybridized carbons (Fsp3) is 0.769. The Kier molecular flexibility index (Phi) is 3.99. The van der Waals surface area contributed by atoms with Crippen molar-refractivity contribution >= 4 is 0 Å². The first kappa shape index (κ1) is 11.6. The van der Waals surface area contributed by atoms with Gasteiger partial charge in [0.25, 0.3) is 0 Å². The minimum Gasteiger partial charge on any atom is -0.338 e. The summed E-state index contributed by atoms with van der Waals surface area (Å²) in [6, 6.07) is 0. The van der Waals surface area contributed by atoms with Gasteiger partial charge in [-0.2, -0.15) is 0 Å². The maximum absolute atomic E-state index is 4.51. The van der Waals surface area contributed by atoms with Gasteiger partial charge in [-0.15, -0.1) is 0 Å². The summed E-state index contributed by atoms with van der Waals surface area (Å²) in [6.45, 7) is 4.52. The molecule has 0 bridgehead atoms. The molecule has 1 heterocycles. The summed E-state index contributed by atoms with van der Waals surface area (Å²) >= 11 is 0. The fourth-order valence-corrected chi connectivity index (χ4v) is 2.82. The van der Waals surface area contributed by atoms with E-state index in [2.05, 4.69) is 35.0 Å². The van der Waals surface area contributed by atoms with Crippen LogP contribution in [0.1, 0.15) is 44.3 Å². The predicted octanol–water partition coefficient (Wildman–Crippen LogP) is 2.30. The summed E-state index contributed by atoms with van der Waals surface area (Å²) in [5.41, 5.74) is 0. The summed E-state index contributed by atoms with van der Waals surface area (Å²) in [6.07, 6.45) is 9.22. The van der Waals surface area contributed by atoms with Gasteiger partial charge in [-0.3, -0.25) is 0 Å². The molecule has 1 aliphatic rings. The Morgan fingerprint density at radius 3 is 3.06 bits per heavy atom. The van der Waals surface area contributed by atoms with Crippen molar-refractivity contribution in [2.45, 2.75) is 38.5 Å². The van der Waals surface area contributed by atoms with Crippen molar-refractivity contribution in [3.05, 3.63) is 18.2 Å². The Hall–Kier alpha value is -0.830. The molecule has 0 saturated heterocycles. The molecule has 1 fully saturated rings. The van der Waals surface area contributed by atoms with Crippen LogP contribution in [0, 0.1) is 5.92 Å². The van der Waals surface area contributed by atoms with Crippen LogP contribution in [0.2, 0.25) is 0 Å². The molecular weight excluding hydrogens is 198 g/mol. The normalized spacial score (nSPS) is 25.1. The van der Waals surface area contributed by atoms with Crippen molar-refractivity contribution < 1.29 is 0 Å². The molecule has 0 aliphatic heterocycles. The van der Waals surface area contributed by atoms with Crippen LogP contribution in [0.3, 0.4) is 0 Å². The number of aryl methyl sites for hydroxylation is 1. The Labute approximate surface area is 98.3 Å². The third-order valence-corrected chi connectivity index (χ3v) is 3.68. The van der Waals surface area contributed by atoms with Crippen LogP contribution in [-0.2, 0) is 7.05 Å². The lowest BCUT2D eigenvalue weighted by Gasteiger charge is -2.19. The van der Waals surface area contributed by atoms with Crippen LogP contribution < -0.4 is 5.32 Å². The molecule has 2 unspecified atom stereocenters. The lowest BCUT2D eigenvalue weighted by atomic mass is 9.95. The van der Waals surface area contributed by atoms with E-state index >= 15 is 0 Å². The summed E-state index contributed by atoms with van der Waals surface area (Å²) < 4.78 is 2.18. The van der Waals surface area contributed by atoms with Crippen LogP contribution in [0.5, 0.6) is 0 Å². The van der Waals surface area contributed by atoms with Crippen molar-refractivity contribution in [1.82, 2.24) is 14.9 Å². The Morgan fingerprint density at radius 1 is 1.50 bits per heavy atom. The lowest BCUT2D eigenvalue weighted by molar-refractivity contribution is 0.425. The molecular formula is C13H23N3. The smallest absolute Gasteiger partial charge is 0.111 e. The van der Waals surface area contributed by atoms with E-state index in [9.17, 15) is 0 Å². The number of hydrogen-bond donors (Lipinski definition) is 1. The second kappa shape index (κ2) is 5.48. The van der Waals surface area contributed by atoms with Crippen molar-refractivity contribution in [3.63, 3.8) is 0 Å². The first-order chi connectivity index (χ1) is 7.83. The molecule has 1 saturated carbocycles. The summed E-state index contributed by atoms with van der Waals surface area (Å²) in [4.78, 5) is 4.51. The second-order valence-corrected chi connectivity index (χ2v) is 4.90. The first-order valence-corrected chi connectivity index (χ1v) is 6.51. The third kappa shape index (κ3) is 2.46. The summed E-state index contributed by atoms with van der Waals surface area (Å²) in [5, 5.41) is 3.55. The van der Waals surface area contributed by atoms with Crippen molar-refractivity contribution in [3.8, 4) is 0 Å². The molecule has 16 heavy (non-hydrogen) atoms. The molecule has 1 N–H and O–H groups in total. The monoisotopic (exact) mass is 221 g/mol. The van der Waals surface area contributed by atoms with Crippen LogP contribution in [0.25, 0.3) is 0 Å².